The van der Waals surface area contributed by atoms with E-state index < -0.39 is 23.3 Å². The van der Waals surface area contributed by atoms with Gasteiger partial charge in [-0.15, -0.1) is 6.42 Å². The van der Waals surface area contributed by atoms with Crippen LogP contribution in [0.2, 0.25) is 0 Å². The Bertz CT molecular complexity index is 804. The van der Waals surface area contributed by atoms with E-state index in [4.69, 9.17) is 15.6 Å². The minimum atomic E-state index is -1.15. The largest absolute Gasteiger partial charge is 0.480 e. The fourth-order valence-electron chi connectivity index (χ4n) is 3.43. The summed E-state index contributed by atoms with van der Waals surface area (Å²) in [5.41, 5.74) is 5.13. The zero-order valence-electron chi connectivity index (χ0n) is 20.2. The third-order valence-electron chi connectivity index (χ3n) is 4.95. The van der Waals surface area contributed by atoms with Crippen LogP contribution in [0.25, 0.3) is 0 Å². The molecule has 3 N–H and O–H groups in total. The summed E-state index contributed by atoms with van der Waals surface area (Å²) in [6, 6.07) is -1.11. The van der Waals surface area contributed by atoms with E-state index in [0.29, 0.717) is 12.1 Å². The number of ether oxygens (including phenoxy) is 1. The molecule has 4 bridgehead atoms. The van der Waals surface area contributed by atoms with Crippen molar-refractivity contribution in [2.24, 2.45) is 5.73 Å². The zero-order chi connectivity index (χ0) is 22.8. The van der Waals surface area contributed by atoms with Crippen LogP contribution in [0.15, 0.2) is 15.8 Å². The minimum absolute atomic E-state index is 0. The monoisotopic (exact) mass is 708 g/mol. The van der Waals surface area contributed by atoms with Crippen molar-refractivity contribution in [1.82, 2.24) is 9.13 Å². The number of rotatable bonds is 5. The molecule has 2 aliphatic heterocycles. The van der Waals surface area contributed by atoms with Crippen molar-refractivity contribution < 1.29 is 113 Å². The van der Waals surface area contributed by atoms with E-state index >= 15 is 0 Å². The molecule has 2 aliphatic rings. The first-order valence-corrected chi connectivity index (χ1v) is 11.3. The molecule has 8 nitrogen and oxygen atoms in total. The summed E-state index contributed by atoms with van der Waals surface area (Å²) in [7, 11) is 2.53. The summed E-state index contributed by atoms with van der Waals surface area (Å²) in [4.78, 5) is 36.2. The van der Waals surface area contributed by atoms with Gasteiger partial charge in [0.15, 0.2) is 0 Å². The number of nitrogens with two attached hydrogens (primary N) is 1. The van der Waals surface area contributed by atoms with Crippen molar-refractivity contribution in [3.8, 4) is 0 Å². The van der Waals surface area contributed by atoms with Crippen LogP contribution in [0, 0.1) is 12.1 Å². The van der Waals surface area contributed by atoms with Crippen molar-refractivity contribution in [1.29, 1.82) is 0 Å². The zero-order valence-corrected chi connectivity index (χ0v) is 29.9. The van der Waals surface area contributed by atoms with Crippen molar-refractivity contribution >= 4 is 15.2 Å². The first kappa shape index (κ1) is 39.3. The van der Waals surface area contributed by atoms with E-state index in [0.717, 1.165) is 36.2 Å². The molecule has 33 heavy (non-hydrogen) atoms. The first-order valence-electron chi connectivity index (χ1n) is 10.6. The Kier molecular flexibility index (Phi) is 24.8. The van der Waals surface area contributed by atoms with E-state index in [1.165, 1.54) is 4.57 Å². The van der Waals surface area contributed by atoms with Gasteiger partial charge in [-0.05, 0) is 19.3 Å². The van der Waals surface area contributed by atoms with Crippen LogP contribution >= 0.6 is 9.24 Å². The number of hydrogen-bond acceptors (Lipinski definition) is 5. The van der Waals surface area contributed by atoms with Gasteiger partial charge in [-0.3, -0.25) is 29.3 Å². The van der Waals surface area contributed by atoms with Gasteiger partial charge in [0.25, 0.3) is 5.56 Å². The summed E-state index contributed by atoms with van der Waals surface area (Å²) in [5, 5.41) is 8.89. The second-order valence-electron chi connectivity index (χ2n) is 7.31. The molecule has 0 aliphatic carbocycles. The van der Waals surface area contributed by atoms with Gasteiger partial charge in [-0.25, -0.2) is 4.79 Å². The minimum Gasteiger partial charge on any atom is -0.480 e. The second-order valence-corrected chi connectivity index (χ2v) is 7.79. The molecule has 0 amide bonds. The summed E-state index contributed by atoms with van der Waals surface area (Å²) in [6.07, 6.45) is 7.02. The Balaban J connectivity index is -0.000000907. The number of nitrogens with zero attached hydrogens (tertiary/aromatic N) is 2. The average Bonchev–Trinajstić information content (AvgIpc) is 3.20. The number of carboxylic acids is 1. The van der Waals surface area contributed by atoms with Gasteiger partial charge >= 0.3 is 11.7 Å². The molecule has 3 radical (unpaired) electrons. The van der Waals surface area contributed by atoms with Gasteiger partial charge in [-0.1, -0.05) is 27.3 Å². The predicted octanol–water partition coefficient (Wildman–Crippen LogP) is 2.48. The van der Waals surface area contributed by atoms with E-state index in [9.17, 15) is 14.4 Å². The predicted molar refractivity (Wildman–Crippen MR) is 121 cm³/mol. The molecule has 1 aromatic heterocycles. The van der Waals surface area contributed by atoms with Gasteiger partial charge in [0.1, 0.15) is 6.04 Å². The first-order chi connectivity index (χ1) is 14.3. The molecule has 3 rings (SSSR count). The molecule has 0 saturated carbocycles. The maximum absolute atomic E-state index is 12.7. The van der Waals surface area contributed by atoms with Crippen LogP contribution in [-0.2, 0) is 121 Å². The Hall–Kier alpha value is 1.81. The van der Waals surface area contributed by atoms with E-state index in [1.54, 1.807) is 6.20 Å². The van der Waals surface area contributed by atoms with E-state index in [-0.39, 0.29) is 123 Å². The number of carbonyl (C=O) groups is 1. The number of aliphatic carboxylic acids is 1. The number of fused-ring (bicyclic) bond motifs is 5. The molecule has 1 aromatic rings. The molecular formula is C21H36N3O5PY3-2. The van der Waals surface area contributed by atoms with Crippen molar-refractivity contribution in [2.45, 2.75) is 91.1 Å². The second kappa shape index (κ2) is 20.8. The maximum Gasteiger partial charge on any atom is 0.328 e. The van der Waals surface area contributed by atoms with Crippen LogP contribution in [0.1, 0.15) is 71.5 Å². The topological polar surface area (TPSA) is 117 Å². The van der Waals surface area contributed by atoms with Gasteiger partial charge in [0.05, 0.1) is 11.7 Å². The van der Waals surface area contributed by atoms with Crippen molar-refractivity contribution in [3.05, 3.63) is 44.7 Å². The average molecular weight is 708 g/mol. The normalized spacial score (nSPS) is 19.2. The third kappa shape index (κ3) is 12.3. The molecule has 0 spiro atoms. The maximum atomic E-state index is 12.7. The Labute approximate surface area is 275 Å². The Morgan fingerprint density at radius 3 is 2.42 bits per heavy atom. The molecule has 12 heteroatoms. The van der Waals surface area contributed by atoms with Crippen LogP contribution in [0.5, 0.6) is 0 Å². The van der Waals surface area contributed by atoms with Crippen molar-refractivity contribution in [2.75, 3.05) is 0 Å². The van der Waals surface area contributed by atoms with Gasteiger partial charge < -0.3 is 26.3 Å². The SMILES string of the molecule is CC.CC[CH-]P.C[C-]1CC2CC[C@@H](O2)c2cn(c(=O)n(CCC(N)C(=O)O)c2=O)C1.[Y].[Y].[Y]. The van der Waals surface area contributed by atoms with Crippen LogP contribution < -0.4 is 17.0 Å². The molecule has 3 heterocycles. The van der Waals surface area contributed by atoms with Crippen LogP contribution in [-0.4, -0.2) is 32.4 Å². The molecule has 0 aromatic carbocycles. The number of aromatic nitrogens is 2. The molecule has 4 atom stereocenters. The van der Waals surface area contributed by atoms with Gasteiger partial charge in [0.2, 0.25) is 0 Å². The van der Waals surface area contributed by atoms with E-state index in [1.807, 2.05) is 26.9 Å². The molecule has 1 saturated heterocycles. The third-order valence-corrected chi connectivity index (χ3v) is 5.42. The Morgan fingerprint density at radius 2 is 1.91 bits per heavy atom. The summed E-state index contributed by atoms with van der Waals surface area (Å²) < 4.78 is 8.57. The quantitative estimate of drug-likeness (QED) is 0.359. The number of carboxylic acid groups (broad SMARTS) is 1. The summed E-state index contributed by atoms with van der Waals surface area (Å²) in [6.45, 7) is 8.49. The summed E-state index contributed by atoms with van der Waals surface area (Å²) in [5.74, 6) is -0.0355. The number of hydrogen-bond donors (Lipinski definition) is 2. The smallest absolute Gasteiger partial charge is 0.328 e. The van der Waals surface area contributed by atoms with Crippen molar-refractivity contribution in [3.63, 3.8) is 0 Å². The Morgan fingerprint density at radius 1 is 1.33 bits per heavy atom. The van der Waals surface area contributed by atoms with Crippen LogP contribution in [0.4, 0.5) is 0 Å². The molecule has 3 unspecified atom stereocenters. The van der Waals surface area contributed by atoms with Gasteiger partial charge in [0, 0.05) is 117 Å². The molecule has 1 fully saturated rings. The fourth-order valence-corrected chi connectivity index (χ4v) is 3.43. The summed E-state index contributed by atoms with van der Waals surface area (Å²) >= 11 is 0. The van der Waals surface area contributed by atoms with Gasteiger partial charge in [-0.2, -0.15) is 13.3 Å². The fraction of sp³-hybridized carbons (Fsp3) is 0.667. The standard InChI is InChI=1S/C16H22N3O5.C3H8P.C2H6.3Y/c1-9-6-10-2-3-13(24-10)11-8-18(7-9)16(23)19(14(11)20)5-4-12(17)15(21)22;1-2-3-4;1-2;;;/h8,10,12-13H,2-7,17H2,1H3,(H,21,22);3H,2,4H2,1H3;1-2H3;;;/q2*-1;;;;/t10?,12?,13-;;;;;/m1...../s1. The van der Waals surface area contributed by atoms with Crippen LogP contribution in [0.3, 0.4) is 0 Å². The van der Waals surface area contributed by atoms with E-state index in [2.05, 4.69) is 16.2 Å². The molecular weight excluding hydrogens is 672 g/mol. The molecule has 181 valence electrons.